The third kappa shape index (κ3) is 4.29. The monoisotopic (exact) mass is 296 g/mol. The zero-order valence-corrected chi connectivity index (χ0v) is 14.0. The maximum Gasteiger partial charge on any atom is 0.0612 e. The van der Waals surface area contributed by atoms with Crippen LogP contribution in [0.2, 0.25) is 0 Å². The number of rotatable bonds is 6. The first-order chi connectivity index (χ1) is 9.58. The molecule has 1 fully saturated rings. The van der Waals surface area contributed by atoms with Gasteiger partial charge in [0.15, 0.2) is 0 Å². The lowest BCUT2D eigenvalue weighted by Gasteiger charge is -2.34. The van der Waals surface area contributed by atoms with Gasteiger partial charge in [0.05, 0.1) is 12.1 Å². The van der Waals surface area contributed by atoms with Gasteiger partial charge in [-0.25, -0.2) is 0 Å². The van der Waals surface area contributed by atoms with Crippen molar-refractivity contribution in [3.63, 3.8) is 0 Å². The van der Waals surface area contributed by atoms with E-state index in [4.69, 9.17) is 4.74 Å². The highest BCUT2D eigenvalue weighted by molar-refractivity contribution is 7.10. The highest BCUT2D eigenvalue weighted by Gasteiger charge is 2.25. The quantitative estimate of drug-likeness (QED) is 0.873. The minimum Gasteiger partial charge on any atom is -0.378 e. The molecule has 0 amide bonds. The van der Waals surface area contributed by atoms with Crippen molar-refractivity contribution in [3.8, 4) is 0 Å². The van der Waals surface area contributed by atoms with Crippen LogP contribution in [0.4, 0.5) is 0 Å². The molecule has 0 radical (unpaired) electrons. The molecule has 3 unspecified atom stereocenters. The van der Waals surface area contributed by atoms with Crippen molar-refractivity contribution in [2.75, 3.05) is 27.2 Å². The number of likely N-dealkylation sites (N-methyl/N-ethyl adjacent to an activating group) is 1. The van der Waals surface area contributed by atoms with Crippen LogP contribution in [-0.2, 0) is 4.74 Å². The smallest absolute Gasteiger partial charge is 0.0612 e. The average molecular weight is 296 g/mol. The molecule has 1 aliphatic rings. The molecule has 4 heteroatoms. The topological polar surface area (TPSA) is 24.5 Å². The minimum absolute atomic E-state index is 0.417. The van der Waals surface area contributed by atoms with Crippen LogP contribution in [0.1, 0.15) is 37.6 Å². The lowest BCUT2D eigenvalue weighted by Crippen LogP contribution is -2.43. The molecule has 0 bridgehead atoms. The van der Waals surface area contributed by atoms with Crippen LogP contribution < -0.4 is 5.32 Å². The van der Waals surface area contributed by atoms with Crippen molar-refractivity contribution in [1.82, 2.24) is 10.2 Å². The molecule has 1 aliphatic heterocycles. The molecule has 0 saturated carbocycles. The molecule has 1 aromatic heterocycles. The van der Waals surface area contributed by atoms with Gasteiger partial charge in [0, 0.05) is 24.1 Å². The van der Waals surface area contributed by atoms with Crippen molar-refractivity contribution < 1.29 is 4.74 Å². The van der Waals surface area contributed by atoms with Gasteiger partial charge in [-0.05, 0) is 44.3 Å². The Morgan fingerprint density at radius 3 is 2.85 bits per heavy atom. The summed E-state index contributed by atoms with van der Waals surface area (Å²) in [5, 5.41) is 5.92. The van der Waals surface area contributed by atoms with E-state index in [1.165, 1.54) is 4.88 Å². The predicted octanol–water partition coefficient (Wildman–Crippen LogP) is 3.14. The Bertz CT molecular complexity index is 378. The molecule has 0 spiro atoms. The van der Waals surface area contributed by atoms with Gasteiger partial charge in [-0.1, -0.05) is 19.9 Å². The van der Waals surface area contributed by atoms with E-state index in [2.05, 4.69) is 55.7 Å². The van der Waals surface area contributed by atoms with Crippen LogP contribution in [-0.4, -0.2) is 44.3 Å². The van der Waals surface area contributed by atoms with E-state index in [1.54, 1.807) is 0 Å². The molecule has 1 saturated heterocycles. The standard InChI is InChI=1S/C16H28N2OS/c1-12(2)15-10-13(7-8-19-15)17-11-14(18(3)4)16-6-5-9-20-16/h5-6,9,12-15,17H,7-8,10-11H2,1-4H3. The summed E-state index contributed by atoms with van der Waals surface area (Å²) >= 11 is 1.85. The van der Waals surface area contributed by atoms with E-state index < -0.39 is 0 Å². The van der Waals surface area contributed by atoms with E-state index in [0.717, 1.165) is 26.0 Å². The van der Waals surface area contributed by atoms with Gasteiger partial charge >= 0.3 is 0 Å². The van der Waals surface area contributed by atoms with Crippen LogP contribution in [0, 0.1) is 5.92 Å². The maximum atomic E-state index is 5.85. The molecule has 2 rings (SSSR count). The average Bonchev–Trinajstić information content (AvgIpc) is 2.93. The molecule has 2 heterocycles. The Balaban J connectivity index is 1.86. The fourth-order valence-electron chi connectivity index (χ4n) is 2.77. The molecular formula is C16H28N2OS. The SMILES string of the molecule is CC(C)C1CC(NCC(c2cccs2)N(C)C)CCO1. The van der Waals surface area contributed by atoms with Crippen LogP contribution in [0.25, 0.3) is 0 Å². The number of ether oxygens (including phenoxy) is 1. The third-order valence-electron chi connectivity index (χ3n) is 4.15. The second-order valence-corrected chi connectivity index (χ2v) is 7.26. The first-order valence-corrected chi connectivity index (χ1v) is 8.50. The first-order valence-electron chi connectivity index (χ1n) is 7.62. The van der Waals surface area contributed by atoms with Crippen molar-refractivity contribution in [2.24, 2.45) is 5.92 Å². The lowest BCUT2D eigenvalue weighted by molar-refractivity contribution is -0.0249. The Morgan fingerprint density at radius 2 is 2.25 bits per heavy atom. The summed E-state index contributed by atoms with van der Waals surface area (Å²) in [6, 6.07) is 5.44. The number of thiophene rings is 1. The molecule has 114 valence electrons. The van der Waals surface area contributed by atoms with Crippen LogP contribution >= 0.6 is 11.3 Å². The van der Waals surface area contributed by atoms with Crippen molar-refractivity contribution in [1.29, 1.82) is 0 Å². The number of nitrogens with one attached hydrogen (secondary N) is 1. The van der Waals surface area contributed by atoms with Gasteiger partial charge in [0.2, 0.25) is 0 Å². The third-order valence-corrected chi connectivity index (χ3v) is 5.13. The number of hydrogen-bond donors (Lipinski definition) is 1. The summed E-state index contributed by atoms with van der Waals surface area (Å²) in [6.07, 6.45) is 2.69. The Morgan fingerprint density at radius 1 is 1.45 bits per heavy atom. The Labute approximate surface area is 127 Å². The van der Waals surface area contributed by atoms with E-state index in [9.17, 15) is 0 Å². The summed E-state index contributed by atoms with van der Waals surface area (Å²) in [6.45, 7) is 6.41. The van der Waals surface area contributed by atoms with Gasteiger partial charge in [-0.2, -0.15) is 0 Å². The predicted molar refractivity (Wildman–Crippen MR) is 86.3 cm³/mol. The molecule has 20 heavy (non-hydrogen) atoms. The first kappa shape index (κ1) is 16.0. The summed E-state index contributed by atoms with van der Waals surface area (Å²) in [4.78, 5) is 3.74. The maximum absolute atomic E-state index is 5.85. The van der Waals surface area contributed by atoms with Crippen molar-refractivity contribution in [3.05, 3.63) is 22.4 Å². The molecule has 3 atom stereocenters. The number of hydrogen-bond acceptors (Lipinski definition) is 4. The summed E-state index contributed by atoms with van der Waals surface area (Å²) in [5.41, 5.74) is 0. The van der Waals surface area contributed by atoms with Gasteiger partial charge < -0.3 is 15.0 Å². The van der Waals surface area contributed by atoms with E-state index in [-0.39, 0.29) is 0 Å². The van der Waals surface area contributed by atoms with Gasteiger partial charge in [-0.15, -0.1) is 11.3 Å². The van der Waals surface area contributed by atoms with Crippen LogP contribution in [0.5, 0.6) is 0 Å². The largest absolute Gasteiger partial charge is 0.378 e. The second kappa shape index (κ2) is 7.55. The normalized spacial score (nSPS) is 25.3. The highest BCUT2D eigenvalue weighted by Crippen LogP contribution is 2.24. The van der Waals surface area contributed by atoms with E-state index in [1.807, 2.05) is 11.3 Å². The van der Waals surface area contributed by atoms with Crippen molar-refractivity contribution in [2.45, 2.75) is 44.9 Å². The molecule has 1 aromatic rings. The zero-order chi connectivity index (χ0) is 14.5. The fraction of sp³-hybridized carbons (Fsp3) is 0.750. The summed E-state index contributed by atoms with van der Waals surface area (Å²) < 4.78 is 5.85. The summed E-state index contributed by atoms with van der Waals surface area (Å²) in [5.74, 6) is 0.613. The minimum atomic E-state index is 0.417. The molecule has 3 nitrogen and oxygen atoms in total. The highest BCUT2D eigenvalue weighted by atomic mass is 32.1. The second-order valence-electron chi connectivity index (χ2n) is 6.28. The number of nitrogens with zero attached hydrogens (tertiary/aromatic N) is 1. The molecule has 1 N–H and O–H groups in total. The van der Waals surface area contributed by atoms with Gasteiger partial charge in [0.1, 0.15) is 0 Å². The summed E-state index contributed by atoms with van der Waals surface area (Å²) in [7, 11) is 4.32. The van der Waals surface area contributed by atoms with Gasteiger partial charge in [0.25, 0.3) is 0 Å². The Kier molecular flexibility index (Phi) is 6.02. The molecule has 0 aromatic carbocycles. The van der Waals surface area contributed by atoms with Gasteiger partial charge in [-0.3, -0.25) is 0 Å². The zero-order valence-electron chi connectivity index (χ0n) is 13.1. The van der Waals surface area contributed by atoms with E-state index >= 15 is 0 Å². The fourth-order valence-corrected chi connectivity index (χ4v) is 3.70. The lowest BCUT2D eigenvalue weighted by atomic mass is 9.95. The van der Waals surface area contributed by atoms with Crippen molar-refractivity contribution >= 4 is 11.3 Å². The molecular weight excluding hydrogens is 268 g/mol. The van der Waals surface area contributed by atoms with Crippen LogP contribution in [0.15, 0.2) is 17.5 Å². The Hall–Kier alpha value is -0.420. The van der Waals surface area contributed by atoms with E-state index in [0.29, 0.717) is 24.1 Å². The molecule has 0 aliphatic carbocycles. The van der Waals surface area contributed by atoms with Crippen LogP contribution in [0.3, 0.4) is 0 Å².